The number of carbonyl (C=O) groups is 1. The molecule has 0 bridgehead atoms. The summed E-state index contributed by atoms with van der Waals surface area (Å²) in [7, 11) is 0. The Hall–Kier alpha value is -2.01. The summed E-state index contributed by atoms with van der Waals surface area (Å²) in [5.41, 5.74) is 0.990. The number of aromatic nitrogens is 2. The molecule has 1 saturated carbocycles. The second-order valence-corrected chi connectivity index (χ2v) is 6.11. The van der Waals surface area contributed by atoms with E-state index in [9.17, 15) is 9.18 Å². The Morgan fingerprint density at radius 2 is 2.13 bits per heavy atom. The van der Waals surface area contributed by atoms with Crippen LogP contribution in [-0.4, -0.2) is 28.5 Å². The minimum absolute atomic E-state index is 0.00466. The zero-order valence-corrected chi connectivity index (χ0v) is 13.2. The highest BCUT2D eigenvalue weighted by Crippen LogP contribution is 2.26. The maximum absolute atomic E-state index is 14.0. The molecule has 23 heavy (non-hydrogen) atoms. The molecule has 1 aliphatic rings. The van der Waals surface area contributed by atoms with Crippen molar-refractivity contribution >= 4 is 5.78 Å². The average Bonchev–Trinajstić information content (AvgIpc) is 2.91. The van der Waals surface area contributed by atoms with Gasteiger partial charge >= 0.3 is 0 Å². The van der Waals surface area contributed by atoms with Crippen LogP contribution < -0.4 is 0 Å². The zero-order chi connectivity index (χ0) is 16.2. The summed E-state index contributed by atoms with van der Waals surface area (Å²) in [6.45, 7) is 2.40. The Morgan fingerprint density at radius 1 is 1.39 bits per heavy atom. The van der Waals surface area contributed by atoms with Gasteiger partial charge in [-0.2, -0.15) is 4.39 Å². The Morgan fingerprint density at radius 3 is 2.78 bits per heavy atom. The Labute approximate surface area is 135 Å². The molecule has 0 unspecified atom stereocenters. The number of imidazole rings is 1. The van der Waals surface area contributed by atoms with Crippen molar-refractivity contribution < 1.29 is 13.9 Å². The fourth-order valence-electron chi connectivity index (χ4n) is 2.83. The number of rotatable bonds is 7. The van der Waals surface area contributed by atoms with Crippen molar-refractivity contribution in [2.45, 2.75) is 32.2 Å². The van der Waals surface area contributed by atoms with Gasteiger partial charge in [-0.05, 0) is 31.2 Å². The van der Waals surface area contributed by atoms with E-state index in [1.165, 1.54) is 12.7 Å². The summed E-state index contributed by atoms with van der Waals surface area (Å²) in [5.74, 6) is -0.534. The van der Waals surface area contributed by atoms with Gasteiger partial charge in [0.15, 0.2) is 0 Å². The molecule has 4 nitrogen and oxygen atoms in total. The lowest BCUT2D eigenvalue weighted by molar-refractivity contribution is 0.0551. The van der Waals surface area contributed by atoms with Gasteiger partial charge < -0.3 is 9.30 Å². The second-order valence-electron chi connectivity index (χ2n) is 6.11. The van der Waals surface area contributed by atoms with E-state index >= 15 is 0 Å². The van der Waals surface area contributed by atoms with E-state index in [0.29, 0.717) is 12.5 Å². The molecule has 1 heterocycles. The molecular formula is C18H21FN2O2. The van der Waals surface area contributed by atoms with Gasteiger partial charge in [-0.1, -0.05) is 36.8 Å². The highest BCUT2D eigenvalue weighted by atomic mass is 19.1. The minimum Gasteiger partial charge on any atom is -0.373 e. The van der Waals surface area contributed by atoms with Crippen LogP contribution in [0.1, 0.15) is 48.3 Å². The van der Waals surface area contributed by atoms with Crippen molar-refractivity contribution in [3.05, 3.63) is 53.9 Å². The zero-order valence-electron chi connectivity index (χ0n) is 13.2. The van der Waals surface area contributed by atoms with Crippen molar-refractivity contribution in [2.75, 3.05) is 13.2 Å². The first-order valence-corrected chi connectivity index (χ1v) is 8.05. The maximum atomic E-state index is 14.0. The molecular weight excluding hydrogens is 295 g/mol. The fraction of sp³-hybridized carbons (Fsp3) is 0.444. The average molecular weight is 316 g/mol. The van der Waals surface area contributed by atoms with E-state index < -0.39 is 5.95 Å². The SMILES string of the molecule is C[C@H](c1ccccc1)n1cnc(F)c1C(=O)COCC1CCC1. The number of carbonyl (C=O) groups excluding carboxylic acids is 1. The van der Waals surface area contributed by atoms with Crippen LogP contribution >= 0.6 is 0 Å². The maximum Gasteiger partial charge on any atom is 0.242 e. The van der Waals surface area contributed by atoms with E-state index in [2.05, 4.69) is 4.98 Å². The molecule has 3 rings (SSSR count). The number of halogens is 1. The molecule has 1 aromatic carbocycles. The van der Waals surface area contributed by atoms with Gasteiger partial charge in [-0.15, -0.1) is 0 Å². The van der Waals surface area contributed by atoms with E-state index in [-0.39, 0.29) is 24.1 Å². The predicted molar refractivity (Wildman–Crippen MR) is 84.9 cm³/mol. The summed E-state index contributed by atoms with van der Waals surface area (Å²) >= 11 is 0. The third kappa shape index (κ3) is 3.50. The van der Waals surface area contributed by atoms with Gasteiger partial charge in [0.25, 0.3) is 0 Å². The summed E-state index contributed by atoms with van der Waals surface area (Å²) in [4.78, 5) is 16.0. The molecule has 5 heteroatoms. The molecule has 1 fully saturated rings. The first-order chi connectivity index (χ1) is 11.2. The number of nitrogens with zero attached hydrogens (tertiary/aromatic N) is 2. The highest BCUT2D eigenvalue weighted by molar-refractivity contribution is 5.95. The van der Waals surface area contributed by atoms with Crippen molar-refractivity contribution in [1.29, 1.82) is 0 Å². The Kier molecular flexibility index (Phi) is 4.86. The largest absolute Gasteiger partial charge is 0.373 e. The number of Topliss-reactive ketones (excluding diaryl/α,β-unsaturated/α-hetero) is 1. The van der Waals surface area contributed by atoms with E-state index in [4.69, 9.17) is 4.74 Å². The van der Waals surface area contributed by atoms with Crippen molar-refractivity contribution in [3.63, 3.8) is 0 Å². The highest BCUT2D eigenvalue weighted by Gasteiger charge is 2.24. The standard InChI is InChI=1S/C18H21FN2O2/c1-13(15-8-3-2-4-9-15)21-12-20-18(19)17(21)16(22)11-23-10-14-6-5-7-14/h2-4,8-9,12-14H,5-7,10-11H2,1H3/t13-/m1/s1. The molecule has 1 atom stereocenters. The third-order valence-electron chi connectivity index (χ3n) is 4.52. The number of benzene rings is 1. The van der Waals surface area contributed by atoms with E-state index in [1.807, 2.05) is 37.3 Å². The molecule has 0 aliphatic heterocycles. The summed E-state index contributed by atoms with van der Waals surface area (Å²) in [6.07, 6.45) is 4.93. The number of ketones is 1. The number of hydrogen-bond acceptors (Lipinski definition) is 3. The first kappa shape index (κ1) is 15.9. The van der Waals surface area contributed by atoms with Gasteiger partial charge in [-0.25, -0.2) is 4.98 Å². The molecule has 2 aromatic rings. The number of ether oxygens (including phenoxy) is 1. The van der Waals surface area contributed by atoms with Crippen LogP contribution in [-0.2, 0) is 4.74 Å². The van der Waals surface area contributed by atoms with Crippen molar-refractivity contribution in [3.8, 4) is 0 Å². The smallest absolute Gasteiger partial charge is 0.242 e. The van der Waals surface area contributed by atoms with Crippen LogP contribution in [0.15, 0.2) is 36.7 Å². The molecule has 0 radical (unpaired) electrons. The van der Waals surface area contributed by atoms with Crippen LogP contribution in [0.4, 0.5) is 4.39 Å². The molecule has 0 spiro atoms. The normalized spacial score (nSPS) is 16.1. The predicted octanol–water partition coefficient (Wildman–Crippen LogP) is 3.63. The van der Waals surface area contributed by atoms with Crippen LogP contribution in [0.2, 0.25) is 0 Å². The molecule has 1 aliphatic carbocycles. The van der Waals surface area contributed by atoms with Gasteiger partial charge in [0.1, 0.15) is 12.3 Å². The summed E-state index contributed by atoms with van der Waals surface area (Å²) in [5, 5.41) is 0. The Bertz CT molecular complexity index is 665. The molecule has 0 N–H and O–H groups in total. The van der Waals surface area contributed by atoms with Crippen molar-refractivity contribution in [1.82, 2.24) is 9.55 Å². The number of hydrogen-bond donors (Lipinski definition) is 0. The van der Waals surface area contributed by atoms with Crippen LogP contribution in [0.25, 0.3) is 0 Å². The second kappa shape index (κ2) is 7.04. The van der Waals surface area contributed by atoms with Crippen LogP contribution in [0.5, 0.6) is 0 Å². The molecule has 1 aromatic heterocycles. The monoisotopic (exact) mass is 316 g/mol. The van der Waals surface area contributed by atoms with Gasteiger partial charge in [0.05, 0.1) is 19.0 Å². The molecule has 122 valence electrons. The topological polar surface area (TPSA) is 44.1 Å². The van der Waals surface area contributed by atoms with Gasteiger partial charge in [-0.3, -0.25) is 4.79 Å². The van der Waals surface area contributed by atoms with Crippen molar-refractivity contribution in [2.24, 2.45) is 5.92 Å². The third-order valence-corrected chi connectivity index (χ3v) is 4.52. The lowest BCUT2D eigenvalue weighted by Crippen LogP contribution is -2.22. The minimum atomic E-state index is -0.731. The first-order valence-electron chi connectivity index (χ1n) is 8.05. The molecule has 0 amide bonds. The van der Waals surface area contributed by atoms with Gasteiger partial charge in [0, 0.05) is 0 Å². The Balaban J connectivity index is 1.71. The quantitative estimate of drug-likeness (QED) is 0.733. The lowest BCUT2D eigenvalue weighted by atomic mass is 9.86. The van der Waals surface area contributed by atoms with Crippen LogP contribution in [0.3, 0.4) is 0 Å². The van der Waals surface area contributed by atoms with Crippen LogP contribution in [0, 0.1) is 11.9 Å². The fourth-order valence-corrected chi connectivity index (χ4v) is 2.83. The van der Waals surface area contributed by atoms with E-state index in [0.717, 1.165) is 18.4 Å². The summed E-state index contributed by atoms with van der Waals surface area (Å²) in [6, 6.07) is 9.49. The van der Waals surface area contributed by atoms with E-state index in [1.54, 1.807) is 4.57 Å². The lowest BCUT2D eigenvalue weighted by Gasteiger charge is -2.24. The summed E-state index contributed by atoms with van der Waals surface area (Å²) < 4.78 is 21.0. The molecule has 0 saturated heterocycles. The van der Waals surface area contributed by atoms with Gasteiger partial charge in [0.2, 0.25) is 11.7 Å².